The zero-order valence-electron chi connectivity index (χ0n) is 22.5. The number of amides is 2. The second kappa shape index (κ2) is 13.1. The molecule has 0 aliphatic carbocycles. The molecule has 3 rings (SSSR count). The van der Waals surface area contributed by atoms with E-state index >= 15 is 0 Å². The number of hydrogen-bond donors (Lipinski definition) is 2. The van der Waals surface area contributed by atoms with Gasteiger partial charge < -0.3 is 20.3 Å². The van der Waals surface area contributed by atoms with E-state index in [4.69, 9.17) is 4.74 Å². The molecular weight excluding hydrogens is 549 g/mol. The van der Waals surface area contributed by atoms with E-state index in [0.29, 0.717) is 24.5 Å². The first kappa shape index (κ1) is 30.9. The molecule has 40 heavy (non-hydrogen) atoms. The van der Waals surface area contributed by atoms with E-state index in [1.165, 1.54) is 11.1 Å². The molecule has 0 spiro atoms. The molecular formula is C26H31F3N6O4S. The maximum atomic E-state index is 12.9. The van der Waals surface area contributed by atoms with Gasteiger partial charge in [-0.3, -0.25) is 23.9 Å². The quantitative estimate of drug-likeness (QED) is 0.482. The number of rotatable bonds is 8. The van der Waals surface area contributed by atoms with E-state index in [2.05, 4.69) is 10.2 Å². The zero-order chi connectivity index (χ0) is 29.6. The highest BCUT2D eigenvalue weighted by molar-refractivity contribution is 7.07. The number of alkyl halides is 3. The van der Waals surface area contributed by atoms with E-state index in [9.17, 15) is 32.8 Å². The highest BCUT2D eigenvalue weighted by Crippen LogP contribution is 2.19. The number of aromatic nitrogens is 1. The van der Waals surface area contributed by atoms with Crippen molar-refractivity contribution in [2.24, 2.45) is 0 Å². The second-order valence-electron chi connectivity index (χ2n) is 9.35. The fraction of sp³-hybridized carbons (Fsp3) is 0.462. The molecule has 0 saturated carbocycles. The molecule has 1 saturated heterocycles. The summed E-state index contributed by atoms with van der Waals surface area (Å²) in [5, 5.41) is 14.1. The molecule has 10 nitrogen and oxygen atoms in total. The normalized spacial score (nSPS) is 19.1. The number of benzene rings is 1. The summed E-state index contributed by atoms with van der Waals surface area (Å²) < 4.78 is 44.5. The lowest BCUT2D eigenvalue weighted by Crippen LogP contribution is -2.49. The summed E-state index contributed by atoms with van der Waals surface area (Å²) in [5.41, 5.74) is 0.0930. The third-order valence-electron chi connectivity index (χ3n) is 6.06. The molecule has 14 heteroatoms. The van der Waals surface area contributed by atoms with E-state index in [1.807, 2.05) is 13.8 Å². The van der Waals surface area contributed by atoms with Gasteiger partial charge in [-0.2, -0.15) is 18.4 Å². The van der Waals surface area contributed by atoms with Gasteiger partial charge in [-0.1, -0.05) is 6.07 Å². The monoisotopic (exact) mass is 580 g/mol. The Balaban J connectivity index is 1.82. The molecule has 2 amide bonds. The number of carbonyl (C=O) groups excluding carboxylic acids is 2. The number of nitriles is 1. The largest absolute Gasteiger partial charge is 0.405 e. The van der Waals surface area contributed by atoms with Gasteiger partial charge in [0, 0.05) is 44.3 Å². The van der Waals surface area contributed by atoms with Crippen molar-refractivity contribution in [3.8, 4) is 6.07 Å². The Labute approximate surface area is 232 Å². The van der Waals surface area contributed by atoms with Crippen molar-refractivity contribution >= 4 is 46.3 Å². The van der Waals surface area contributed by atoms with E-state index in [-0.39, 0.29) is 40.4 Å². The highest BCUT2D eigenvalue weighted by Gasteiger charge is 2.29. The number of likely N-dealkylation sites (N-methyl/N-ethyl adjacent to an activating group) is 1. The molecule has 0 radical (unpaired) electrons. The maximum absolute atomic E-state index is 12.9. The number of anilines is 2. The number of morpholine rings is 1. The standard InChI is InChI=1S/C26H31F3N6O4S/c1-5-35-24(38)21(40-25(35)20(10-30)23(37)32-15-26(27,28)29)11-31-18-7-6-8-19(9-18)33(4)22(36)14-34-12-16(2)39-17(3)13-34/h6-9,11,16-17,31H,5,12-15H2,1-4H3,(H,32,37)/b21-11+,25-20-. The number of hydrogen-bond acceptors (Lipinski definition) is 8. The lowest BCUT2D eigenvalue weighted by atomic mass is 10.2. The molecule has 2 N–H and O–H groups in total. The van der Waals surface area contributed by atoms with Crippen LogP contribution in [0.5, 0.6) is 0 Å². The summed E-state index contributed by atoms with van der Waals surface area (Å²) in [6.45, 7) is 5.61. The number of nitrogens with one attached hydrogen (secondary N) is 2. The average Bonchev–Trinajstić information content (AvgIpc) is 3.20. The molecule has 1 aromatic carbocycles. The topological polar surface area (TPSA) is 120 Å². The first-order valence-electron chi connectivity index (χ1n) is 12.5. The molecule has 1 aliphatic rings. The third-order valence-corrected chi connectivity index (χ3v) is 7.19. The molecule has 1 aromatic heterocycles. The molecule has 0 bridgehead atoms. The highest BCUT2D eigenvalue weighted by atomic mass is 32.1. The minimum atomic E-state index is -4.65. The van der Waals surface area contributed by atoms with Crippen LogP contribution in [0, 0.1) is 11.3 Å². The van der Waals surface area contributed by atoms with Crippen molar-refractivity contribution in [2.45, 2.75) is 45.7 Å². The van der Waals surface area contributed by atoms with Crippen LogP contribution < -0.4 is 30.3 Å². The molecule has 1 fully saturated rings. The summed E-state index contributed by atoms with van der Waals surface area (Å²) in [6.07, 6.45) is -3.18. The van der Waals surface area contributed by atoms with Crippen LogP contribution in [0.2, 0.25) is 0 Å². The van der Waals surface area contributed by atoms with Crippen molar-refractivity contribution in [1.29, 1.82) is 5.26 Å². The van der Waals surface area contributed by atoms with Crippen molar-refractivity contribution in [1.82, 2.24) is 14.8 Å². The van der Waals surface area contributed by atoms with E-state index in [1.54, 1.807) is 49.6 Å². The van der Waals surface area contributed by atoms with Gasteiger partial charge in [0.05, 0.1) is 18.8 Å². The third kappa shape index (κ3) is 7.93. The Morgan fingerprint density at radius 2 is 1.95 bits per heavy atom. The number of halogens is 3. The van der Waals surface area contributed by atoms with Crippen LogP contribution in [0.3, 0.4) is 0 Å². The molecule has 216 valence electrons. The minimum Gasteiger partial charge on any atom is -0.373 e. The predicted octanol–water partition coefficient (Wildman–Crippen LogP) is 1.20. The molecule has 2 heterocycles. The Morgan fingerprint density at radius 1 is 1.27 bits per heavy atom. The minimum absolute atomic E-state index is 0.0380. The first-order chi connectivity index (χ1) is 18.8. The van der Waals surface area contributed by atoms with Gasteiger partial charge in [0.25, 0.3) is 11.5 Å². The molecule has 2 unspecified atom stereocenters. The number of carbonyl (C=O) groups is 2. The molecule has 1 aliphatic heterocycles. The summed E-state index contributed by atoms with van der Waals surface area (Å²) in [7, 11) is 1.67. The average molecular weight is 581 g/mol. The second-order valence-corrected chi connectivity index (χ2v) is 10.4. The van der Waals surface area contributed by atoms with Crippen LogP contribution >= 0.6 is 11.3 Å². The number of ether oxygens (including phenoxy) is 1. The van der Waals surface area contributed by atoms with Crippen LogP contribution in [0.15, 0.2) is 29.1 Å². The van der Waals surface area contributed by atoms with Gasteiger partial charge in [-0.25, -0.2) is 0 Å². The maximum Gasteiger partial charge on any atom is 0.405 e. The molecule has 2 aromatic rings. The number of nitrogens with zero attached hydrogens (tertiary/aromatic N) is 4. The predicted molar refractivity (Wildman–Crippen MR) is 146 cm³/mol. The summed E-state index contributed by atoms with van der Waals surface area (Å²) in [5.74, 6) is -1.32. The van der Waals surface area contributed by atoms with Crippen molar-refractivity contribution < 1.29 is 27.5 Å². The fourth-order valence-electron chi connectivity index (χ4n) is 4.27. The Bertz CT molecular complexity index is 1450. The number of thiazole rings is 1. The SMILES string of the molecule is CCn1c(=O)/c(=C\Nc2cccc(N(C)C(=O)CN3CC(C)OC(C)C3)c2)s/c1=C(/C#N)C(=O)NCC(F)(F)F. The van der Waals surface area contributed by atoms with Gasteiger partial charge in [-0.15, -0.1) is 11.3 Å². The summed E-state index contributed by atoms with van der Waals surface area (Å²) in [4.78, 5) is 41.7. The fourth-order valence-corrected chi connectivity index (χ4v) is 5.35. The van der Waals surface area contributed by atoms with Gasteiger partial charge in [-0.05, 0) is 39.0 Å². The van der Waals surface area contributed by atoms with Crippen molar-refractivity contribution in [3.05, 3.63) is 43.8 Å². The van der Waals surface area contributed by atoms with E-state index < -0.39 is 29.8 Å². The Hall–Kier alpha value is -3.67. The van der Waals surface area contributed by atoms with E-state index in [0.717, 1.165) is 15.9 Å². The summed E-state index contributed by atoms with van der Waals surface area (Å²) >= 11 is 0.810. The lowest BCUT2D eigenvalue weighted by Gasteiger charge is -2.35. The first-order valence-corrected chi connectivity index (χ1v) is 13.3. The summed E-state index contributed by atoms with van der Waals surface area (Å²) in [6, 6.07) is 8.58. The Morgan fingerprint density at radius 3 is 2.55 bits per heavy atom. The smallest absolute Gasteiger partial charge is 0.373 e. The van der Waals surface area contributed by atoms with Crippen LogP contribution in [-0.2, 0) is 20.9 Å². The van der Waals surface area contributed by atoms with Crippen LogP contribution in [-0.4, -0.2) is 72.9 Å². The Kier molecular flexibility index (Phi) is 10.1. The van der Waals surface area contributed by atoms with Gasteiger partial charge in [0.15, 0.2) is 5.57 Å². The van der Waals surface area contributed by atoms with Crippen LogP contribution in [0.4, 0.5) is 24.5 Å². The van der Waals surface area contributed by atoms with Crippen LogP contribution in [0.25, 0.3) is 11.8 Å². The lowest BCUT2D eigenvalue weighted by molar-refractivity contribution is -0.135. The van der Waals surface area contributed by atoms with Crippen molar-refractivity contribution in [2.75, 3.05) is 43.4 Å². The van der Waals surface area contributed by atoms with Gasteiger partial charge >= 0.3 is 6.18 Å². The van der Waals surface area contributed by atoms with Gasteiger partial charge in [0.1, 0.15) is 21.8 Å². The van der Waals surface area contributed by atoms with Crippen molar-refractivity contribution in [3.63, 3.8) is 0 Å². The molecule has 2 atom stereocenters. The van der Waals surface area contributed by atoms with Crippen LogP contribution in [0.1, 0.15) is 20.8 Å². The zero-order valence-corrected chi connectivity index (χ0v) is 23.4. The van der Waals surface area contributed by atoms with Gasteiger partial charge in [0.2, 0.25) is 5.91 Å².